The third-order valence-corrected chi connectivity index (χ3v) is 4.97. The number of nitrogens with one attached hydrogen (secondary N) is 1. The maximum absolute atomic E-state index is 12.3. The summed E-state index contributed by atoms with van der Waals surface area (Å²) in [5.41, 5.74) is 0.715. The van der Waals surface area contributed by atoms with E-state index in [-0.39, 0.29) is 11.5 Å². The molecule has 0 heterocycles. The van der Waals surface area contributed by atoms with Gasteiger partial charge in [-0.25, -0.2) is 8.42 Å². The van der Waals surface area contributed by atoms with E-state index in [1.54, 1.807) is 36.4 Å². The predicted molar refractivity (Wildman–Crippen MR) is 82.3 cm³/mol. The van der Waals surface area contributed by atoms with Gasteiger partial charge in [-0.2, -0.15) is 0 Å². The first-order valence-corrected chi connectivity index (χ1v) is 8.26. The molecule has 106 valence electrons. The van der Waals surface area contributed by atoms with Crippen LogP contribution >= 0.6 is 27.5 Å². The summed E-state index contributed by atoms with van der Waals surface area (Å²) in [5.74, 6) is 0. The van der Waals surface area contributed by atoms with Crippen LogP contribution < -0.4 is 4.72 Å². The zero-order valence-corrected chi connectivity index (χ0v) is 13.3. The highest BCUT2D eigenvalue weighted by Gasteiger charge is 2.18. The number of rotatable bonds is 4. The van der Waals surface area contributed by atoms with Crippen LogP contribution in [-0.4, -0.2) is 13.5 Å². The van der Waals surface area contributed by atoms with Crippen LogP contribution in [0.5, 0.6) is 0 Å². The summed E-state index contributed by atoms with van der Waals surface area (Å²) < 4.78 is 27.7. The van der Waals surface area contributed by atoms with E-state index < -0.39 is 10.0 Å². The van der Waals surface area contributed by atoms with Crippen molar-refractivity contribution in [1.29, 1.82) is 0 Å². The molecule has 0 radical (unpaired) electrons. The molecular weight excluding hydrogens is 366 g/mol. The van der Waals surface area contributed by atoms with Gasteiger partial charge in [0.05, 0.1) is 17.2 Å². The molecule has 0 saturated heterocycles. The van der Waals surface area contributed by atoms with E-state index in [9.17, 15) is 13.5 Å². The van der Waals surface area contributed by atoms with Gasteiger partial charge < -0.3 is 5.11 Å². The third kappa shape index (κ3) is 3.32. The minimum atomic E-state index is -3.77. The lowest BCUT2D eigenvalue weighted by Gasteiger charge is -2.12. The summed E-state index contributed by atoms with van der Waals surface area (Å²) in [4.78, 5) is 0.0457. The Bertz CT molecular complexity index is 734. The second-order valence-electron chi connectivity index (χ2n) is 4.00. The summed E-state index contributed by atoms with van der Waals surface area (Å²) in [6.07, 6.45) is 0. The van der Waals surface area contributed by atoms with Gasteiger partial charge in [-0.15, -0.1) is 0 Å². The maximum Gasteiger partial charge on any atom is 0.262 e. The van der Waals surface area contributed by atoms with E-state index in [2.05, 4.69) is 20.7 Å². The lowest BCUT2D eigenvalue weighted by Crippen LogP contribution is -2.15. The number of hydrogen-bond acceptors (Lipinski definition) is 3. The Balaban J connectivity index is 2.41. The molecule has 2 aromatic carbocycles. The van der Waals surface area contributed by atoms with Gasteiger partial charge in [0.25, 0.3) is 10.0 Å². The molecule has 20 heavy (non-hydrogen) atoms. The van der Waals surface area contributed by atoms with E-state index in [1.165, 1.54) is 6.07 Å². The Morgan fingerprint density at radius 1 is 1.20 bits per heavy atom. The van der Waals surface area contributed by atoms with Crippen molar-refractivity contribution in [3.63, 3.8) is 0 Å². The fourth-order valence-corrected chi connectivity index (χ4v) is 3.89. The predicted octanol–water partition coefficient (Wildman–Crippen LogP) is 3.40. The Labute approximate surface area is 130 Å². The van der Waals surface area contributed by atoms with Crippen molar-refractivity contribution in [1.82, 2.24) is 0 Å². The van der Waals surface area contributed by atoms with Crippen molar-refractivity contribution in [2.24, 2.45) is 0 Å². The lowest BCUT2D eigenvalue weighted by molar-refractivity contribution is 0.278. The smallest absolute Gasteiger partial charge is 0.262 e. The van der Waals surface area contributed by atoms with Crippen LogP contribution in [0.1, 0.15) is 5.56 Å². The summed E-state index contributed by atoms with van der Waals surface area (Å²) >= 11 is 9.06. The molecule has 0 spiro atoms. The van der Waals surface area contributed by atoms with Crippen LogP contribution in [0.15, 0.2) is 51.8 Å². The van der Waals surface area contributed by atoms with Crippen molar-refractivity contribution in [2.75, 3.05) is 4.72 Å². The van der Waals surface area contributed by atoms with E-state index >= 15 is 0 Å². The van der Waals surface area contributed by atoms with Crippen LogP contribution in [0.25, 0.3) is 0 Å². The molecule has 0 unspecified atom stereocenters. The van der Waals surface area contributed by atoms with E-state index in [0.29, 0.717) is 20.7 Å². The Hall–Kier alpha value is -1.08. The maximum atomic E-state index is 12.3. The summed E-state index contributed by atoms with van der Waals surface area (Å²) in [6, 6.07) is 11.0. The van der Waals surface area contributed by atoms with Crippen LogP contribution in [0.4, 0.5) is 5.69 Å². The molecule has 0 atom stereocenters. The molecule has 2 aromatic rings. The summed E-state index contributed by atoms with van der Waals surface area (Å²) in [6.45, 7) is -0.348. The van der Waals surface area contributed by atoms with Gasteiger partial charge >= 0.3 is 0 Å². The van der Waals surface area contributed by atoms with Crippen LogP contribution in [0, 0.1) is 0 Å². The molecule has 0 aliphatic rings. The standard InChI is InChI=1S/C13H11BrClNO3S/c14-11-7-10(15)5-6-12(11)16-20(18,19)13-4-2-1-3-9(13)8-17/h1-7,16-17H,8H2. The summed E-state index contributed by atoms with van der Waals surface area (Å²) in [5, 5.41) is 9.72. The van der Waals surface area contributed by atoms with Gasteiger partial charge in [0.2, 0.25) is 0 Å². The van der Waals surface area contributed by atoms with Gasteiger partial charge in [-0.3, -0.25) is 4.72 Å². The van der Waals surface area contributed by atoms with Gasteiger partial charge in [0.1, 0.15) is 0 Å². The molecule has 7 heteroatoms. The number of sulfonamides is 1. The van der Waals surface area contributed by atoms with Gasteiger partial charge in [-0.05, 0) is 45.8 Å². The number of halogens is 2. The van der Waals surface area contributed by atoms with Crippen molar-refractivity contribution < 1.29 is 13.5 Å². The molecule has 0 bridgehead atoms. The van der Waals surface area contributed by atoms with Gasteiger partial charge in [-0.1, -0.05) is 29.8 Å². The first-order chi connectivity index (χ1) is 9.44. The van der Waals surface area contributed by atoms with Crippen molar-refractivity contribution in [3.05, 3.63) is 57.5 Å². The quantitative estimate of drug-likeness (QED) is 0.859. The average Bonchev–Trinajstić information content (AvgIpc) is 2.42. The van der Waals surface area contributed by atoms with Gasteiger partial charge in [0.15, 0.2) is 0 Å². The molecule has 0 amide bonds. The highest BCUT2D eigenvalue weighted by Crippen LogP contribution is 2.28. The normalized spacial score (nSPS) is 11.3. The Morgan fingerprint density at radius 2 is 1.90 bits per heavy atom. The average molecular weight is 377 g/mol. The van der Waals surface area contributed by atoms with Crippen molar-refractivity contribution >= 4 is 43.2 Å². The number of aliphatic hydroxyl groups excluding tert-OH is 1. The Morgan fingerprint density at radius 3 is 2.55 bits per heavy atom. The van der Waals surface area contributed by atoms with E-state index in [1.807, 2.05) is 0 Å². The molecule has 0 aliphatic heterocycles. The van der Waals surface area contributed by atoms with Crippen LogP contribution in [0.2, 0.25) is 5.02 Å². The number of anilines is 1. The topological polar surface area (TPSA) is 66.4 Å². The third-order valence-electron chi connectivity index (χ3n) is 2.61. The Kier molecular flexibility index (Phi) is 4.70. The molecule has 0 aliphatic carbocycles. The molecule has 2 N–H and O–H groups in total. The van der Waals surface area contributed by atoms with Crippen LogP contribution in [0.3, 0.4) is 0 Å². The summed E-state index contributed by atoms with van der Waals surface area (Å²) in [7, 11) is -3.77. The molecule has 2 rings (SSSR count). The largest absolute Gasteiger partial charge is 0.392 e. The number of benzene rings is 2. The number of hydrogen-bond donors (Lipinski definition) is 2. The minimum absolute atomic E-state index is 0.0457. The fourth-order valence-electron chi connectivity index (χ4n) is 1.67. The van der Waals surface area contributed by atoms with Crippen LogP contribution in [-0.2, 0) is 16.6 Å². The second kappa shape index (κ2) is 6.13. The zero-order chi connectivity index (χ0) is 14.8. The first kappa shape index (κ1) is 15.3. The monoisotopic (exact) mass is 375 g/mol. The van der Waals surface area contributed by atoms with E-state index in [0.717, 1.165) is 0 Å². The molecule has 4 nitrogen and oxygen atoms in total. The fraction of sp³-hybridized carbons (Fsp3) is 0.0769. The molecule has 0 aromatic heterocycles. The molecule has 0 saturated carbocycles. The highest BCUT2D eigenvalue weighted by molar-refractivity contribution is 9.10. The minimum Gasteiger partial charge on any atom is -0.392 e. The van der Waals surface area contributed by atoms with E-state index in [4.69, 9.17) is 11.6 Å². The van der Waals surface area contributed by atoms with Gasteiger partial charge in [0, 0.05) is 9.50 Å². The zero-order valence-electron chi connectivity index (χ0n) is 10.2. The first-order valence-electron chi connectivity index (χ1n) is 5.60. The van der Waals surface area contributed by atoms with Crippen molar-refractivity contribution in [3.8, 4) is 0 Å². The highest BCUT2D eigenvalue weighted by atomic mass is 79.9. The molecular formula is C13H11BrClNO3S. The van der Waals surface area contributed by atoms with Crippen molar-refractivity contribution in [2.45, 2.75) is 11.5 Å². The molecule has 0 fully saturated rings. The second-order valence-corrected chi connectivity index (χ2v) is 6.94. The number of aliphatic hydroxyl groups is 1. The SMILES string of the molecule is O=S(=O)(Nc1ccc(Cl)cc1Br)c1ccccc1CO. The lowest BCUT2D eigenvalue weighted by atomic mass is 10.2.